The van der Waals surface area contributed by atoms with E-state index in [0.717, 1.165) is 64.2 Å². The number of unbranched alkanes of at least 4 members (excludes halogenated alkanes) is 18. The Kier molecular flexibility index (Phi) is 36.9. The minimum Gasteiger partial charge on any atom is -0.463 e. The van der Waals surface area contributed by atoms with Gasteiger partial charge in [0.25, 0.3) is 0 Å². The highest BCUT2D eigenvalue weighted by atomic mass is 16.6. The molecule has 0 bridgehead atoms. The third-order valence-electron chi connectivity index (χ3n) is 8.59. The second-order valence-corrected chi connectivity index (χ2v) is 13.7. The summed E-state index contributed by atoms with van der Waals surface area (Å²) in [6.07, 6.45) is 45.9. The molecule has 0 spiro atoms. The van der Waals surface area contributed by atoms with Crippen molar-refractivity contribution in [2.75, 3.05) is 13.2 Å². The third-order valence-corrected chi connectivity index (χ3v) is 8.59. The lowest BCUT2D eigenvalue weighted by molar-refractivity contribution is -0.152. The van der Waals surface area contributed by atoms with Crippen molar-refractivity contribution in [3.63, 3.8) is 0 Å². The highest BCUT2D eigenvalue weighted by Gasteiger charge is 2.12. The Morgan fingerprint density at radius 3 is 1.24 bits per heavy atom. The molecule has 0 aliphatic rings. The van der Waals surface area contributed by atoms with Crippen LogP contribution < -0.4 is 0 Å². The highest BCUT2D eigenvalue weighted by molar-refractivity contribution is 5.69. The molecule has 0 heterocycles. The van der Waals surface area contributed by atoms with Crippen LogP contribution in [0.2, 0.25) is 0 Å². The molecule has 2 atom stereocenters. The quantitative estimate of drug-likeness (QED) is 0.0387. The molecule has 0 amide bonds. The molecule has 0 radical (unpaired) electrons. The van der Waals surface area contributed by atoms with Crippen LogP contribution in [0.1, 0.15) is 187 Å². The summed E-state index contributed by atoms with van der Waals surface area (Å²) in [5, 5.41) is 19.2. The van der Waals surface area contributed by atoms with Crippen molar-refractivity contribution in [3.8, 4) is 0 Å². The van der Waals surface area contributed by atoms with Gasteiger partial charge in [-0.15, -0.1) is 0 Å². The van der Waals surface area contributed by atoms with E-state index < -0.39 is 6.10 Å². The number of aliphatic hydroxyl groups is 2. The first-order valence-corrected chi connectivity index (χ1v) is 20.2. The second kappa shape index (κ2) is 38.6. The average Bonchev–Trinajstić information content (AvgIpc) is 3.08. The van der Waals surface area contributed by atoms with E-state index in [1.165, 1.54) is 89.9 Å². The van der Waals surface area contributed by atoms with Crippen LogP contribution in [0.5, 0.6) is 0 Å². The molecule has 2 N–H and O–H groups in total. The van der Waals surface area contributed by atoms with E-state index >= 15 is 0 Å². The van der Waals surface area contributed by atoms with Crippen LogP contribution in [0.3, 0.4) is 0 Å². The van der Waals surface area contributed by atoms with Crippen molar-refractivity contribution >= 4 is 11.9 Å². The van der Waals surface area contributed by atoms with E-state index in [1.807, 2.05) is 6.92 Å². The minimum absolute atomic E-state index is 0.139. The third kappa shape index (κ3) is 40.1. The lowest BCUT2D eigenvalue weighted by atomic mass is 10.0. The van der Waals surface area contributed by atoms with Gasteiger partial charge in [0.05, 0.1) is 6.10 Å². The van der Waals surface area contributed by atoms with Gasteiger partial charge in [-0.2, -0.15) is 0 Å². The smallest absolute Gasteiger partial charge is 0.305 e. The van der Waals surface area contributed by atoms with Gasteiger partial charge in [0, 0.05) is 12.8 Å². The Labute approximate surface area is 301 Å². The zero-order valence-electron chi connectivity index (χ0n) is 31.8. The van der Waals surface area contributed by atoms with Gasteiger partial charge in [-0.05, 0) is 64.7 Å². The Hall–Kier alpha value is -2.18. The summed E-state index contributed by atoms with van der Waals surface area (Å²) in [7, 11) is 0. The molecule has 284 valence electrons. The van der Waals surface area contributed by atoms with E-state index in [4.69, 9.17) is 9.47 Å². The largest absolute Gasteiger partial charge is 0.463 e. The molecule has 49 heavy (non-hydrogen) atoms. The predicted octanol–water partition coefficient (Wildman–Crippen LogP) is 11.6. The number of esters is 2. The number of rotatable bonds is 36. The maximum atomic E-state index is 12.0. The van der Waals surface area contributed by atoms with Crippen molar-refractivity contribution in [2.24, 2.45) is 0 Å². The zero-order valence-corrected chi connectivity index (χ0v) is 31.8. The van der Waals surface area contributed by atoms with E-state index in [9.17, 15) is 19.8 Å². The number of ether oxygens (including phenoxy) is 2. The van der Waals surface area contributed by atoms with Crippen molar-refractivity contribution < 1.29 is 29.3 Å². The lowest BCUT2D eigenvalue weighted by Gasteiger charge is -2.12. The predicted molar refractivity (Wildman–Crippen MR) is 206 cm³/mol. The van der Waals surface area contributed by atoms with E-state index in [-0.39, 0.29) is 31.3 Å². The van der Waals surface area contributed by atoms with Gasteiger partial charge in [0.2, 0.25) is 0 Å². The van der Waals surface area contributed by atoms with Crippen LogP contribution in [-0.2, 0) is 19.1 Å². The minimum atomic E-state index is -0.993. The Morgan fingerprint density at radius 1 is 0.490 bits per heavy atom. The topological polar surface area (TPSA) is 93.1 Å². The molecule has 6 nitrogen and oxygen atoms in total. The SMILES string of the molecule is CCCCCCCCCCCCCCCCCCCC(=O)OC[C@@H](O)COC(=O)CCC/C=C\C/C=C\C/C=C\C/C=C\CCC[C@@H](C)O. The highest BCUT2D eigenvalue weighted by Crippen LogP contribution is 2.14. The van der Waals surface area contributed by atoms with Crippen LogP contribution in [-0.4, -0.2) is 47.6 Å². The molecule has 0 aromatic heterocycles. The summed E-state index contributed by atoms with van der Waals surface area (Å²) in [5.74, 6) is -0.641. The Balaban J connectivity index is 3.52. The summed E-state index contributed by atoms with van der Waals surface area (Å²) in [6, 6.07) is 0. The fourth-order valence-corrected chi connectivity index (χ4v) is 5.51. The normalized spacial score (nSPS) is 13.3. The molecule has 0 saturated heterocycles. The molecule has 0 unspecified atom stereocenters. The van der Waals surface area contributed by atoms with E-state index in [2.05, 4.69) is 55.5 Å². The van der Waals surface area contributed by atoms with Crippen molar-refractivity contribution in [1.82, 2.24) is 0 Å². The molecular weight excluding hydrogens is 612 g/mol. The summed E-state index contributed by atoms with van der Waals surface area (Å²) in [4.78, 5) is 23.9. The fraction of sp³-hybridized carbons (Fsp3) is 0.767. The molecule has 0 fully saturated rings. The number of hydrogen-bond acceptors (Lipinski definition) is 6. The van der Waals surface area contributed by atoms with E-state index in [0.29, 0.717) is 19.3 Å². The first kappa shape index (κ1) is 46.8. The first-order chi connectivity index (χ1) is 24.0. The van der Waals surface area contributed by atoms with Crippen molar-refractivity contribution in [2.45, 2.75) is 199 Å². The zero-order chi connectivity index (χ0) is 35.9. The molecule has 0 aliphatic heterocycles. The first-order valence-electron chi connectivity index (χ1n) is 20.2. The standard InChI is InChI=1S/C43H76O6/c1-3-4-5-6-7-8-9-10-11-12-15-18-21-24-27-30-33-36-42(46)48-38-41(45)39-49-43(47)37-34-31-28-25-22-19-16-13-14-17-20-23-26-29-32-35-40(2)44/h14,16-17,19,23,25-26,28,40-41,44-45H,3-13,15,18,20-22,24,27,29-39H2,1-2H3/b17-14-,19-16-,26-23-,28-25-/t40-,41-/m1/s1. The van der Waals surface area contributed by atoms with Crippen molar-refractivity contribution in [3.05, 3.63) is 48.6 Å². The molecule has 0 saturated carbocycles. The summed E-state index contributed by atoms with van der Waals surface area (Å²) >= 11 is 0. The van der Waals surface area contributed by atoms with Crippen LogP contribution >= 0.6 is 0 Å². The van der Waals surface area contributed by atoms with Gasteiger partial charge in [-0.25, -0.2) is 0 Å². The Morgan fingerprint density at radius 2 is 0.837 bits per heavy atom. The molecule has 0 aliphatic carbocycles. The Bertz CT molecular complexity index is 843. The van der Waals surface area contributed by atoms with Crippen LogP contribution in [0, 0.1) is 0 Å². The summed E-state index contributed by atoms with van der Waals surface area (Å²) < 4.78 is 10.3. The number of allylic oxidation sites excluding steroid dienone is 8. The van der Waals surface area contributed by atoms with Crippen LogP contribution in [0.4, 0.5) is 0 Å². The summed E-state index contributed by atoms with van der Waals surface area (Å²) in [5.41, 5.74) is 0. The van der Waals surface area contributed by atoms with Gasteiger partial charge in [0.15, 0.2) is 0 Å². The van der Waals surface area contributed by atoms with Crippen molar-refractivity contribution in [1.29, 1.82) is 0 Å². The maximum absolute atomic E-state index is 12.0. The number of hydrogen-bond donors (Lipinski definition) is 2. The average molecular weight is 689 g/mol. The molecule has 0 aromatic carbocycles. The van der Waals surface area contributed by atoms with Crippen LogP contribution in [0.15, 0.2) is 48.6 Å². The van der Waals surface area contributed by atoms with Gasteiger partial charge in [0.1, 0.15) is 19.3 Å². The molecule has 0 rings (SSSR count). The fourth-order valence-electron chi connectivity index (χ4n) is 5.51. The molecule has 0 aromatic rings. The maximum Gasteiger partial charge on any atom is 0.305 e. The number of carbonyl (C=O) groups is 2. The number of aliphatic hydroxyl groups excluding tert-OH is 2. The number of carbonyl (C=O) groups excluding carboxylic acids is 2. The van der Waals surface area contributed by atoms with Gasteiger partial charge >= 0.3 is 11.9 Å². The second-order valence-electron chi connectivity index (χ2n) is 13.7. The van der Waals surface area contributed by atoms with Gasteiger partial charge in [-0.1, -0.05) is 158 Å². The monoisotopic (exact) mass is 689 g/mol. The van der Waals surface area contributed by atoms with Gasteiger partial charge in [-0.3, -0.25) is 9.59 Å². The lowest BCUT2D eigenvalue weighted by Crippen LogP contribution is -2.25. The molecule has 6 heteroatoms. The van der Waals surface area contributed by atoms with Gasteiger partial charge < -0.3 is 19.7 Å². The molecular formula is C43H76O6. The van der Waals surface area contributed by atoms with E-state index in [1.54, 1.807) is 0 Å². The summed E-state index contributed by atoms with van der Waals surface area (Å²) in [6.45, 7) is 3.81. The van der Waals surface area contributed by atoms with Crippen LogP contribution in [0.25, 0.3) is 0 Å².